The highest BCUT2D eigenvalue weighted by Crippen LogP contribution is 2.35. The first-order chi connectivity index (χ1) is 17.3. The molecule has 0 amide bonds. The van der Waals surface area contributed by atoms with Gasteiger partial charge in [-0.2, -0.15) is 23.4 Å². The fraction of sp³-hybridized carbons (Fsp3) is 0.130. The first-order valence-corrected chi connectivity index (χ1v) is 10.4. The van der Waals surface area contributed by atoms with Crippen LogP contribution in [0.5, 0.6) is 5.75 Å². The number of H-pyrrole nitrogens is 2. The number of halogens is 4. The van der Waals surface area contributed by atoms with E-state index in [1.165, 1.54) is 5.56 Å². The Kier molecular flexibility index (Phi) is 7.51. The van der Waals surface area contributed by atoms with Crippen LogP contribution in [-0.2, 0) is 12.6 Å². The highest BCUT2D eigenvalue weighted by Gasteiger charge is 2.34. The van der Waals surface area contributed by atoms with Crippen molar-refractivity contribution in [3.63, 3.8) is 0 Å². The number of nitrogens with two attached hydrogens (primary N) is 1. The third-order valence-electron chi connectivity index (χ3n) is 5.16. The van der Waals surface area contributed by atoms with E-state index in [9.17, 15) is 32.3 Å². The molecule has 0 saturated carbocycles. The van der Waals surface area contributed by atoms with Crippen molar-refractivity contribution in [3.8, 4) is 28.3 Å². The summed E-state index contributed by atoms with van der Waals surface area (Å²) in [5.74, 6) is -4.94. The van der Waals surface area contributed by atoms with E-state index in [2.05, 4.69) is 22.2 Å². The van der Waals surface area contributed by atoms with Gasteiger partial charge in [-0.25, -0.2) is 14.0 Å². The Balaban J connectivity index is 0.000000208. The summed E-state index contributed by atoms with van der Waals surface area (Å²) in [5, 5.41) is 38.9. The number of aromatic amines is 2. The van der Waals surface area contributed by atoms with Gasteiger partial charge in [0.25, 0.3) is 0 Å². The van der Waals surface area contributed by atoms with Gasteiger partial charge in [-0.1, -0.05) is 37.3 Å². The Bertz CT molecular complexity index is 1440. The summed E-state index contributed by atoms with van der Waals surface area (Å²) in [6, 6.07) is 9.61. The summed E-state index contributed by atoms with van der Waals surface area (Å²) in [5.41, 5.74) is 5.69. The fourth-order valence-corrected chi connectivity index (χ4v) is 3.21. The van der Waals surface area contributed by atoms with E-state index in [1.54, 1.807) is 0 Å². The van der Waals surface area contributed by atoms with Crippen molar-refractivity contribution >= 4 is 17.6 Å². The van der Waals surface area contributed by atoms with Crippen molar-refractivity contribution in [3.05, 3.63) is 70.8 Å². The number of aromatic carboxylic acids is 2. The van der Waals surface area contributed by atoms with Gasteiger partial charge in [0.1, 0.15) is 17.2 Å². The number of carboxylic acid groups (broad SMARTS) is 2. The third-order valence-corrected chi connectivity index (χ3v) is 5.16. The van der Waals surface area contributed by atoms with E-state index < -0.39 is 40.9 Å². The summed E-state index contributed by atoms with van der Waals surface area (Å²) < 4.78 is 50.5. The number of nitrogens with one attached hydrogen (secondary N) is 2. The van der Waals surface area contributed by atoms with Crippen LogP contribution in [0.1, 0.15) is 39.0 Å². The minimum Gasteiger partial charge on any atom is -0.504 e. The molecule has 0 fully saturated rings. The van der Waals surface area contributed by atoms with E-state index in [0.717, 1.165) is 18.1 Å². The lowest BCUT2D eigenvalue weighted by molar-refractivity contribution is -0.140. The van der Waals surface area contributed by atoms with Gasteiger partial charge in [0.15, 0.2) is 17.1 Å². The molecule has 0 saturated heterocycles. The lowest BCUT2D eigenvalue weighted by atomic mass is 10.1. The normalized spacial score (nSPS) is 11.1. The van der Waals surface area contributed by atoms with E-state index in [4.69, 9.17) is 15.9 Å². The molecule has 2 aromatic carbocycles. The van der Waals surface area contributed by atoms with Crippen molar-refractivity contribution in [1.82, 2.24) is 20.4 Å². The molecule has 4 aromatic rings. The molecule has 0 atom stereocenters. The molecule has 0 aliphatic carbocycles. The maximum absolute atomic E-state index is 13.4. The Morgan fingerprint density at radius 1 is 0.919 bits per heavy atom. The maximum Gasteiger partial charge on any atom is 0.419 e. The van der Waals surface area contributed by atoms with Crippen LogP contribution >= 0.6 is 0 Å². The van der Waals surface area contributed by atoms with Crippen molar-refractivity contribution < 1.29 is 42.5 Å². The molecule has 14 heteroatoms. The van der Waals surface area contributed by atoms with Crippen molar-refractivity contribution in [2.75, 3.05) is 5.73 Å². The van der Waals surface area contributed by atoms with Crippen molar-refractivity contribution in [2.24, 2.45) is 0 Å². The summed E-state index contributed by atoms with van der Waals surface area (Å²) in [6.07, 6.45) is -3.89. The van der Waals surface area contributed by atoms with Crippen LogP contribution in [0.4, 0.5) is 23.2 Å². The van der Waals surface area contributed by atoms with E-state index >= 15 is 0 Å². The topological polar surface area (TPSA) is 178 Å². The lowest BCUT2D eigenvalue weighted by Gasteiger charge is -2.08. The SMILES string of the molecule is CCc1ccc(-c2n[nH]c(C(=O)O)c2N)cc1.O=C(O)c1[nH]nc(-c2ccc(C(F)(F)F)c(F)c2)c1O. The summed E-state index contributed by atoms with van der Waals surface area (Å²) in [7, 11) is 0. The number of carbonyl (C=O) groups is 2. The first kappa shape index (κ1) is 26.7. The standard InChI is InChI=1S/C12H13N3O2.C11H6F4N2O3/c1-2-7-3-5-8(6-4-7)10-9(13)11(12(16)17)15-14-10;12-6-3-4(1-2-5(6)11(13,14)15)7-9(18)8(10(19)20)17-16-7/h3-6H,2,13H2,1H3,(H,14,15)(H,16,17);1-3,18H,(H,16,17)(H,19,20). The lowest BCUT2D eigenvalue weighted by Crippen LogP contribution is -2.07. The number of aryl methyl sites for hydroxylation is 1. The highest BCUT2D eigenvalue weighted by molar-refractivity contribution is 5.95. The van der Waals surface area contributed by atoms with E-state index in [0.29, 0.717) is 17.8 Å². The molecule has 194 valence electrons. The number of hydrogen-bond acceptors (Lipinski definition) is 6. The second-order valence-corrected chi connectivity index (χ2v) is 7.51. The third kappa shape index (κ3) is 5.69. The summed E-state index contributed by atoms with van der Waals surface area (Å²) in [4.78, 5) is 21.5. The Morgan fingerprint density at radius 2 is 1.46 bits per heavy atom. The Hall–Kier alpha value is -4.88. The summed E-state index contributed by atoms with van der Waals surface area (Å²) >= 11 is 0. The van der Waals surface area contributed by atoms with Crippen LogP contribution in [0.2, 0.25) is 0 Å². The molecule has 0 aliphatic rings. The predicted octanol–water partition coefficient (Wildman–Crippen LogP) is 4.56. The smallest absolute Gasteiger partial charge is 0.419 e. The van der Waals surface area contributed by atoms with Gasteiger partial charge < -0.3 is 21.1 Å². The van der Waals surface area contributed by atoms with Gasteiger partial charge in [-0.3, -0.25) is 10.2 Å². The molecule has 2 heterocycles. The number of anilines is 1. The fourth-order valence-electron chi connectivity index (χ4n) is 3.21. The summed E-state index contributed by atoms with van der Waals surface area (Å²) in [6.45, 7) is 2.07. The van der Waals surface area contributed by atoms with Crippen LogP contribution in [0, 0.1) is 5.82 Å². The quantitative estimate of drug-likeness (QED) is 0.207. The van der Waals surface area contributed by atoms with Gasteiger partial charge in [0.2, 0.25) is 0 Å². The number of aromatic hydroxyl groups is 1. The highest BCUT2D eigenvalue weighted by atomic mass is 19.4. The molecule has 2 aromatic heterocycles. The van der Waals surface area contributed by atoms with Crippen LogP contribution in [0.15, 0.2) is 42.5 Å². The minimum atomic E-state index is -4.84. The molecule has 10 nitrogen and oxygen atoms in total. The van der Waals surface area contributed by atoms with Crippen LogP contribution in [0.3, 0.4) is 0 Å². The van der Waals surface area contributed by atoms with E-state index in [-0.39, 0.29) is 22.6 Å². The van der Waals surface area contributed by atoms with Crippen molar-refractivity contribution in [1.29, 1.82) is 0 Å². The monoisotopic (exact) mass is 521 g/mol. The second-order valence-electron chi connectivity index (χ2n) is 7.51. The molecule has 37 heavy (non-hydrogen) atoms. The molecular formula is C23H19F4N5O5. The predicted molar refractivity (Wildman–Crippen MR) is 122 cm³/mol. The molecule has 7 N–H and O–H groups in total. The van der Waals surface area contributed by atoms with Crippen molar-refractivity contribution in [2.45, 2.75) is 19.5 Å². The molecule has 0 bridgehead atoms. The van der Waals surface area contributed by atoms with Crippen LogP contribution < -0.4 is 5.73 Å². The number of rotatable bonds is 5. The zero-order valence-corrected chi connectivity index (χ0v) is 18.9. The van der Waals surface area contributed by atoms with Gasteiger partial charge in [0, 0.05) is 11.1 Å². The number of hydrogen-bond donors (Lipinski definition) is 6. The number of aromatic nitrogens is 4. The number of nitrogen functional groups attached to an aromatic ring is 1. The average molecular weight is 521 g/mol. The number of alkyl halides is 3. The number of carboxylic acids is 2. The minimum absolute atomic E-state index is 0.0698. The first-order valence-electron chi connectivity index (χ1n) is 10.4. The Morgan fingerprint density at radius 3 is 1.92 bits per heavy atom. The molecule has 0 unspecified atom stereocenters. The molecule has 0 aliphatic heterocycles. The van der Waals surface area contributed by atoms with Crippen LogP contribution in [0.25, 0.3) is 22.5 Å². The zero-order valence-electron chi connectivity index (χ0n) is 18.9. The number of benzene rings is 2. The molecule has 4 rings (SSSR count). The van der Waals surface area contributed by atoms with Gasteiger partial charge in [-0.15, -0.1) is 0 Å². The van der Waals surface area contributed by atoms with E-state index in [1.807, 2.05) is 29.4 Å². The Labute approximate surface area is 205 Å². The van der Waals surface area contributed by atoms with Gasteiger partial charge >= 0.3 is 18.1 Å². The number of nitrogens with zero attached hydrogens (tertiary/aromatic N) is 2. The average Bonchev–Trinajstić information content (AvgIpc) is 3.41. The largest absolute Gasteiger partial charge is 0.504 e. The van der Waals surface area contributed by atoms with Crippen LogP contribution in [-0.4, -0.2) is 47.7 Å². The van der Waals surface area contributed by atoms with Gasteiger partial charge in [-0.05, 0) is 24.1 Å². The second kappa shape index (κ2) is 10.4. The van der Waals surface area contributed by atoms with Gasteiger partial charge in [0.05, 0.1) is 11.3 Å². The molecule has 0 spiro atoms. The molecule has 0 radical (unpaired) electrons. The molecular weight excluding hydrogens is 502 g/mol. The maximum atomic E-state index is 13.4. The zero-order chi connectivity index (χ0) is 27.5.